The average molecular weight is 509 g/mol. The second-order valence-corrected chi connectivity index (χ2v) is 12.4. The van der Waals surface area contributed by atoms with Gasteiger partial charge >= 0.3 is 0 Å². The zero-order chi connectivity index (χ0) is 24.5. The van der Waals surface area contributed by atoms with Crippen LogP contribution in [0.4, 0.5) is 9.39 Å². The van der Waals surface area contributed by atoms with Gasteiger partial charge in [-0.1, -0.05) is 26.0 Å². The van der Waals surface area contributed by atoms with Crippen molar-refractivity contribution in [2.24, 2.45) is 5.92 Å². The van der Waals surface area contributed by atoms with Crippen LogP contribution in [0.25, 0.3) is 0 Å². The fraction of sp³-hybridized carbons (Fsp3) is 0.500. The summed E-state index contributed by atoms with van der Waals surface area (Å²) in [6, 6.07) is 5.46. The smallest absolute Gasteiger partial charge is 0.266 e. The summed E-state index contributed by atoms with van der Waals surface area (Å²) >= 11 is 1.38. The van der Waals surface area contributed by atoms with Gasteiger partial charge in [0.1, 0.15) is 5.00 Å². The number of hydrogen-bond donors (Lipinski definition) is 2. The molecule has 1 aromatic carbocycles. The number of fused-ring (bicyclic) bond motifs is 1. The predicted molar refractivity (Wildman–Crippen MR) is 130 cm³/mol. The molecule has 3 atom stereocenters. The monoisotopic (exact) mass is 508 g/mol. The van der Waals surface area contributed by atoms with Crippen molar-refractivity contribution in [1.29, 1.82) is 0 Å². The van der Waals surface area contributed by atoms with Gasteiger partial charge in [-0.05, 0) is 55.7 Å². The van der Waals surface area contributed by atoms with E-state index in [2.05, 4.69) is 17.6 Å². The highest BCUT2D eigenvalue weighted by molar-refractivity contribution is 7.91. The number of halogens is 1. The standard InChI is InChI=1S/C24H29FN2O5S2/c1-3-18(32-19-7-5-4-6-17(19)25)22(28)27-24-21(16-9-8-14(2)12-20(16)33-24)23(29)26-15-10-11-34(30,31)13-15/h4-7,14-15,18H,3,8-13H2,1-2H3,(H,26,29)(H,27,28)/t14-,15-,18-/m0/s1. The molecule has 2 N–H and O–H groups in total. The molecule has 1 fully saturated rings. The molecular weight excluding hydrogens is 479 g/mol. The van der Waals surface area contributed by atoms with Crippen LogP contribution in [0.3, 0.4) is 0 Å². The van der Waals surface area contributed by atoms with Gasteiger partial charge in [-0.15, -0.1) is 11.3 Å². The Bertz CT molecular complexity index is 1190. The van der Waals surface area contributed by atoms with E-state index in [0.29, 0.717) is 29.3 Å². The van der Waals surface area contributed by atoms with E-state index in [1.54, 1.807) is 19.1 Å². The molecule has 0 spiro atoms. The van der Waals surface area contributed by atoms with Crippen LogP contribution in [0.5, 0.6) is 5.75 Å². The molecule has 1 saturated heterocycles. The fourth-order valence-electron chi connectivity index (χ4n) is 4.45. The number of carbonyl (C=O) groups excluding carboxylic acids is 2. The Morgan fingerprint density at radius 1 is 1.26 bits per heavy atom. The van der Waals surface area contributed by atoms with Crippen LogP contribution in [0.1, 0.15) is 53.9 Å². The van der Waals surface area contributed by atoms with Crippen molar-refractivity contribution < 1.29 is 27.1 Å². The first kappa shape index (κ1) is 24.7. The number of carbonyl (C=O) groups is 2. The lowest BCUT2D eigenvalue weighted by Gasteiger charge is -2.20. The van der Waals surface area contributed by atoms with Crippen molar-refractivity contribution in [3.8, 4) is 5.75 Å². The SMILES string of the molecule is CC[C@H](Oc1ccccc1F)C(=O)Nc1sc2c(c1C(=O)N[C@H]1CCS(=O)(=O)C1)CC[C@H](C)C2. The minimum atomic E-state index is -3.14. The maximum Gasteiger partial charge on any atom is 0.266 e. The number of ether oxygens (including phenoxy) is 1. The number of anilines is 1. The first-order valence-corrected chi connectivity index (χ1v) is 14.2. The van der Waals surface area contributed by atoms with Crippen molar-refractivity contribution in [3.63, 3.8) is 0 Å². The van der Waals surface area contributed by atoms with Gasteiger partial charge in [-0.2, -0.15) is 0 Å². The fourth-order valence-corrected chi connectivity index (χ4v) is 7.54. The molecule has 2 aliphatic rings. The Balaban J connectivity index is 1.57. The van der Waals surface area contributed by atoms with E-state index in [0.717, 1.165) is 29.7 Å². The van der Waals surface area contributed by atoms with Gasteiger partial charge in [-0.3, -0.25) is 9.59 Å². The average Bonchev–Trinajstić information content (AvgIpc) is 3.30. The topological polar surface area (TPSA) is 102 Å². The number of sulfone groups is 1. The van der Waals surface area contributed by atoms with Gasteiger partial charge in [0.15, 0.2) is 27.5 Å². The summed E-state index contributed by atoms with van der Waals surface area (Å²) in [5.41, 5.74) is 1.32. The van der Waals surface area contributed by atoms with E-state index < -0.39 is 33.7 Å². The molecule has 1 aliphatic carbocycles. The Morgan fingerprint density at radius 3 is 2.71 bits per heavy atom. The molecular formula is C24H29FN2O5S2. The number of thiophene rings is 1. The van der Waals surface area contributed by atoms with Crippen molar-refractivity contribution in [2.75, 3.05) is 16.8 Å². The molecule has 2 aromatic rings. The first-order chi connectivity index (χ1) is 16.2. The van der Waals surface area contributed by atoms with Crippen LogP contribution < -0.4 is 15.4 Å². The number of amides is 2. The minimum absolute atomic E-state index is 0.00999. The molecule has 1 aliphatic heterocycles. The Kier molecular flexibility index (Phi) is 7.28. The van der Waals surface area contributed by atoms with Gasteiger partial charge in [0.25, 0.3) is 11.8 Å². The minimum Gasteiger partial charge on any atom is -0.478 e. The highest BCUT2D eigenvalue weighted by atomic mass is 32.2. The highest BCUT2D eigenvalue weighted by Gasteiger charge is 2.33. The predicted octanol–water partition coefficient (Wildman–Crippen LogP) is 3.73. The van der Waals surface area contributed by atoms with Crippen LogP contribution in [0.2, 0.25) is 0 Å². The largest absolute Gasteiger partial charge is 0.478 e. The van der Waals surface area contributed by atoms with Gasteiger partial charge < -0.3 is 15.4 Å². The van der Waals surface area contributed by atoms with Crippen LogP contribution in [0, 0.1) is 11.7 Å². The third-order valence-electron chi connectivity index (χ3n) is 6.31. The zero-order valence-corrected chi connectivity index (χ0v) is 20.9. The molecule has 0 radical (unpaired) electrons. The number of rotatable bonds is 7. The molecule has 184 valence electrons. The van der Waals surface area contributed by atoms with Crippen molar-refractivity contribution >= 4 is 38.0 Å². The summed E-state index contributed by atoms with van der Waals surface area (Å²) in [6.45, 7) is 3.92. The van der Waals surface area contributed by atoms with E-state index >= 15 is 0 Å². The number of benzene rings is 1. The third kappa shape index (κ3) is 5.43. The molecule has 4 rings (SSSR count). The molecule has 0 saturated carbocycles. The lowest BCUT2D eigenvalue weighted by Crippen LogP contribution is -2.37. The molecule has 2 heterocycles. The zero-order valence-electron chi connectivity index (χ0n) is 19.2. The third-order valence-corrected chi connectivity index (χ3v) is 9.25. The maximum absolute atomic E-state index is 14.0. The number of hydrogen-bond acceptors (Lipinski definition) is 6. The molecule has 34 heavy (non-hydrogen) atoms. The summed E-state index contributed by atoms with van der Waals surface area (Å²) < 4.78 is 43.3. The summed E-state index contributed by atoms with van der Waals surface area (Å²) in [6.07, 6.45) is 2.22. The Morgan fingerprint density at radius 2 is 2.03 bits per heavy atom. The second-order valence-electron chi connectivity index (χ2n) is 9.06. The maximum atomic E-state index is 14.0. The Labute approximate surface area is 203 Å². The molecule has 0 bridgehead atoms. The van der Waals surface area contributed by atoms with Crippen LogP contribution >= 0.6 is 11.3 Å². The highest BCUT2D eigenvalue weighted by Crippen LogP contribution is 2.40. The van der Waals surface area contributed by atoms with E-state index in [1.165, 1.54) is 23.5 Å². The Hall–Kier alpha value is -2.46. The van der Waals surface area contributed by atoms with E-state index in [-0.39, 0.29) is 23.2 Å². The van der Waals surface area contributed by atoms with Crippen LogP contribution in [-0.2, 0) is 27.5 Å². The summed E-state index contributed by atoms with van der Waals surface area (Å²) in [7, 11) is -3.14. The normalized spacial score (nSPS) is 22.0. The van der Waals surface area contributed by atoms with Gasteiger partial charge in [0.05, 0.1) is 17.1 Å². The first-order valence-electron chi connectivity index (χ1n) is 11.5. The van der Waals surface area contributed by atoms with Crippen molar-refractivity contribution in [3.05, 3.63) is 46.1 Å². The van der Waals surface area contributed by atoms with Crippen molar-refractivity contribution in [2.45, 2.75) is 58.1 Å². The lowest BCUT2D eigenvalue weighted by molar-refractivity contribution is -0.122. The summed E-state index contributed by atoms with van der Waals surface area (Å²) in [5, 5.41) is 6.14. The van der Waals surface area contributed by atoms with E-state index in [1.807, 2.05) is 0 Å². The number of para-hydroxylation sites is 1. The summed E-state index contributed by atoms with van der Waals surface area (Å²) in [4.78, 5) is 27.4. The van der Waals surface area contributed by atoms with Gasteiger partial charge in [0.2, 0.25) is 0 Å². The van der Waals surface area contributed by atoms with Crippen LogP contribution in [-0.4, -0.2) is 43.9 Å². The molecule has 10 heteroatoms. The molecule has 2 amide bonds. The van der Waals surface area contributed by atoms with E-state index in [4.69, 9.17) is 4.74 Å². The number of nitrogens with one attached hydrogen (secondary N) is 2. The van der Waals surface area contributed by atoms with Crippen molar-refractivity contribution in [1.82, 2.24) is 5.32 Å². The van der Waals surface area contributed by atoms with E-state index in [9.17, 15) is 22.4 Å². The second kappa shape index (κ2) is 10.0. The van der Waals surface area contributed by atoms with Crippen LogP contribution in [0.15, 0.2) is 24.3 Å². The quantitative estimate of drug-likeness (QED) is 0.594. The van der Waals surface area contributed by atoms with Gasteiger partial charge in [0, 0.05) is 10.9 Å². The van der Waals surface area contributed by atoms with Gasteiger partial charge in [-0.25, -0.2) is 12.8 Å². The molecule has 0 unspecified atom stereocenters. The lowest BCUT2D eigenvalue weighted by atomic mass is 9.88. The molecule has 1 aromatic heterocycles. The summed E-state index contributed by atoms with van der Waals surface area (Å²) in [5.74, 6) is -0.934. The molecule has 7 nitrogen and oxygen atoms in total.